The first-order valence-corrected chi connectivity index (χ1v) is 9.61. The lowest BCUT2D eigenvalue weighted by Gasteiger charge is -2.09. The molecular formula is C20H17N5O3S. The summed E-state index contributed by atoms with van der Waals surface area (Å²) in [4.78, 5) is 14.0. The van der Waals surface area contributed by atoms with Crippen molar-refractivity contribution in [3.05, 3.63) is 76.9 Å². The number of hydrogen-bond acceptors (Lipinski definition) is 9. The Bertz CT molecular complexity index is 1120. The van der Waals surface area contributed by atoms with Crippen LogP contribution in [0.15, 0.2) is 63.8 Å². The number of pyridine rings is 1. The lowest BCUT2D eigenvalue weighted by atomic mass is 10.0. The van der Waals surface area contributed by atoms with E-state index in [1.807, 2.05) is 54.8 Å². The molecule has 4 aromatic rings. The van der Waals surface area contributed by atoms with E-state index < -0.39 is 0 Å². The molecule has 0 atom stereocenters. The van der Waals surface area contributed by atoms with E-state index in [-0.39, 0.29) is 5.89 Å². The highest BCUT2D eigenvalue weighted by Crippen LogP contribution is 2.26. The van der Waals surface area contributed by atoms with Gasteiger partial charge in [0.25, 0.3) is 11.1 Å². The van der Waals surface area contributed by atoms with E-state index in [1.165, 1.54) is 24.8 Å². The Kier molecular flexibility index (Phi) is 5.57. The number of nitrogens with zero attached hydrogens (tertiary/aromatic N) is 5. The van der Waals surface area contributed by atoms with E-state index in [0.29, 0.717) is 17.5 Å². The molecule has 0 fully saturated rings. The fourth-order valence-corrected chi connectivity index (χ4v) is 3.38. The van der Waals surface area contributed by atoms with Gasteiger partial charge in [0, 0.05) is 16.6 Å². The van der Waals surface area contributed by atoms with Crippen LogP contribution in [0.4, 0.5) is 0 Å². The van der Waals surface area contributed by atoms with Crippen molar-refractivity contribution in [2.24, 2.45) is 5.16 Å². The maximum atomic E-state index is 5.93. The van der Waals surface area contributed by atoms with Crippen LogP contribution in [0.25, 0.3) is 11.4 Å². The van der Waals surface area contributed by atoms with Crippen LogP contribution in [0.1, 0.15) is 22.7 Å². The third kappa shape index (κ3) is 4.30. The molecule has 29 heavy (non-hydrogen) atoms. The normalized spacial score (nSPS) is 11.4. The number of oxime groups is 1. The zero-order valence-electron chi connectivity index (χ0n) is 15.8. The Balaban J connectivity index is 1.55. The second-order valence-electron chi connectivity index (χ2n) is 5.98. The van der Waals surface area contributed by atoms with Gasteiger partial charge in [0.2, 0.25) is 6.39 Å². The van der Waals surface area contributed by atoms with Crippen LogP contribution < -0.4 is 4.74 Å². The third-order valence-corrected chi connectivity index (χ3v) is 4.75. The maximum absolute atomic E-state index is 5.93. The van der Waals surface area contributed by atoms with Crippen LogP contribution in [0.3, 0.4) is 0 Å². The van der Waals surface area contributed by atoms with E-state index in [2.05, 4.69) is 25.3 Å². The van der Waals surface area contributed by atoms with Gasteiger partial charge in [-0.25, -0.2) is 4.98 Å². The molecule has 4 rings (SSSR count). The molecule has 0 radical (unpaired) electrons. The summed E-state index contributed by atoms with van der Waals surface area (Å²) < 4.78 is 11.2. The van der Waals surface area contributed by atoms with Crippen molar-refractivity contribution in [1.29, 1.82) is 0 Å². The van der Waals surface area contributed by atoms with Crippen LogP contribution in [0.2, 0.25) is 0 Å². The van der Waals surface area contributed by atoms with E-state index in [0.717, 1.165) is 28.2 Å². The first-order valence-electron chi connectivity index (χ1n) is 8.73. The van der Waals surface area contributed by atoms with Gasteiger partial charge < -0.3 is 14.0 Å². The Labute approximate surface area is 170 Å². The van der Waals surface area contributed by atoms with Crippen molar-refractivity contribution in [3.8, 4) is 16.6 Å². The molecule has 0 saturated heterocycles. The minimum Gasteiger partial charge on any atom is -0.465 e. The van der Waals surface area contributed by atoms with Gasteiger partial charge in [0.05, 0.1) is 5.69 Å². The predicted molar refractivity (Wildman–Crippen MR) is 108 cm³/mol. The molecule has 1 aromatic carbocycles. The predicted octanol–water partition coefficient (Wildman–Crippen LogP) is 3.87. The van der Waals surface area contributed by atoms with Crippen molar-refractivity contribution in [3.63, 3.8) is 0 Å². The first-order chi connectivity index (χ1) is 14.2. The van der Waals surface area contributed by atoms with Crippen LogP contribution in [0, 0.1) is 6.92 Å². The molecule has 146 valence electrons. The fourth-order valence-electron chi connectivity index (χ4n) is 2.71. The Morgan fingerprint density at radius 3 is 2.79 bits per heavy atom. The largest absolute Gasteiger partial charge is 0.465 e. The Hall–Kier alpha value is -3.59. The topological polar surface area (TPSA) is 95.5 Å². The second-order valence-corrected chi connectivity index (χ2v) is 6.80. The van der Waals surface area contributed by atoms with Crippen LogP contribution in [-0.4, -0.2) is 33.0 Å². The molecule has 0 amide bonds. The zero-order valence-corrected chi connectivity index (χ0v) is 16.6. The summed E-state index contributed by atoms with van der Waals surface area (Å²) in [7, 11) is 1.46. The SMILES string of the molecule is CON=C(c1nnco1)c1ccccc1COc1nc(-c2cccc(C)n2)cs1. The summed E-state index contributed by atoms with van der Waals surface area (Å²) in [5.74, 6) is 0.265. The molecule has 0 saturated carbocycles. The Morgan fingerprint density at radius 2 is 2.00 bits per heavy atom. The summed E-state index contributed by atoms with van der Waals surface area (Å²) in [5, 5.41) is 14.2. The number of aromatic nitrogens is 4. The van der Waals surface area contributed by atoms with Crippen molar-refractivity contribution in [2.45, 2.75) is 13.5 Å². The minimum atomic E-state index is 0.265. The maximum Gasteiger partial charge on any atom is 0.274 e. The lowest BCUT2D eigenvalue weighted by Crippen LogP contribution is -2.10. The first kappa shape index (κ1) is 18.8. The van der Waals surface area contributed by atoms with E-state index in [4.69, 9.17) is 14.0 Å². The summed E-state index contributed by atoms with van der Waals surface area (Å²) in [6.45, 7) is 2.24. The molecule has 9 heteroatoms. The third-order valence-electron chi connectivity index (χ3n) is 4.00. The van der Waals surface area contributed by atoms with Crippen molar-refractivity contribution in [1.82, 2.24) is 20.2 Å². The molecule has 8 nitrogen and oxygen atoms in total. The summed E-state index contributed by atoms with van der Waals surface area (Å²) in [5.41, 5.74) is 4.64. The van der Waals surface area contributed by atoms with Gasteiger partial charge in [-0.2, -0.15) is 0 Å². The van der Waals surface area contributed by atoms with Crippen molar-refractivity contribution < 1.29 is 14.0 Å². The molecule has 0 aliphatic rings. The highest BCUT2D eigenvalue weighted by atomic mass is 32.1. The average molecular weight is 407 g/mol. The van der Waals surface area contributed by atoms with Gasteiger partial charge >= 0.3 is 0 Å². The van der Waals surface area contributed by atoms with Crippen molar-refractivity contribution >= 4 is 17.0 Å². The molecule has 0 spiro atoms. The zero-order chi connectivity index (χ0) is 20.1. The summed E-state index contributed by atoms with van der Waals surface area (Å²) >= 11 is 1.42. The van der Waals surface area contributed by atoms with Gasteiger partial charge in [0.15, 0.2) is 5.71 Å². The number of thiazole rings is 1. The summed E-state index contributed by atoms with van der Waals surface area (Å²) in [6, 6.07) is 13.5. The molecule has 0 unspecified atom stereocenters. The second kappa shape index (κ2) is 8.61. The number of rotatable bonds is 7. The van der Waals surface area contributed by atoms with Crippen LogP contribution in [0.5, 0.6) is 5.19 Å². The van der Waals surface area contributed by atoms with Gasteiger partial charge in [-0.15, -0.1) is 10.2 Å². The molecule has 0 bridgehead atoms. The summed E-state index contributed by atoms with van der Waals surface area (Å²) in [6.07, 6.45) is 1.25. The lowest BCUT2D eigenvalue weighted by molar-refractivity contribution is 0.213. The van der Waals surface area contributed by atoms with Crippen molar-refractivity contribution in [2.75, 3.05) is 7.11 Å². The quantitative estimate of drug-likeness (QED) is 0.339. The fraction of sp³-hybridized carbons (Fsp3) is 0.150. The highest BCUT2D eigenvalue weighted by Gasteiger charge is 2.18. The number of aryl methyl sites for hydroxylation is 1. The molecule has 0 aliphatic carbocycles. The van der Waals surface area contributed by atoms with Gasteiger partial charge in [-0.05, 0) is 24.6 Å². The van der Waals surface area contributed by atoms with E-state index in [1.54, 1.807) is 0 Å². The van der Waals surface area contributed by atoms with E-state index >= 15 is 0 Å². The minimum absolute atomic E-state index is 0.265. The standard InChI is InChI=1S/C20H17N5O3S/c1-13-6-5-9-16(22-13)17-11-29-20(23-17)27-10-14-7-3-4-8-15(14)18(25-26-2)19-24-21-12-28-19/h3-9,11-12H,10H2,1-2H3. The molecular weight excluding hydrogens is 390 g/mol. The van der Waals surface area contributed by atoms with Crippen LogP contribution in [-0.2, 0) is 11.4 Å². The van der Waals surface area contributed by atoms with Gasteiger partial charge in [-0.1, -0.05) is 46.8 Å². The van der Waals surface area contributed by atoms with E-state index in [9.17, 15) is 0 Å². The van der Waals surface area contributed by atoms with Gasteiger partial charge in [-0.3, -0.25) is 4.98 Å². The molecule has 3 heterocycles. The number of ether oxygens (including phenoxy) is 1. The molecule has 0 aliphatic heterocycles. The monoisotopic (exact) mass is 407 g/mol. The molecule has 0 N–H and O–H groups in total. The number of hydrogen-bond donors (Lipinski definition) is 0. The number of benzene rings is 1. The molecule has 3 aromatic heterocycles. The Morgan fingerprint density at radius 1 is 1.10 bits per heavy atom. The smallest absolute Gasteiger partial charge is 0.274 e. The van der Waals surface area contributed by atoms with Gasteiger partial charge in [0.1, 0.15) is 19.4 Å². The van der Waals surface area contributed by atoms with Crippen LogP contribution >= 0.6 is 11.3 Å². The highest BCUT2D eigenvalue weighted by molar-refractivity contribution is 7.11. The average Bonchev–Trinajstić information content (AvgIpc) is 3.43.